The van der Waals surface area contributed by atoms with Gasteiger partial charge in [0.1, 0.15) is 0 Å². The molecule has 0 aliphatic carbocycles. The molecule has 1 N–H and O–H groups in total. The predicted octanol–water partition coefficient (Wildman–Crippen LogP) is 6.12. The van der Waals surface area contributed by atoms with Crippen LogP contribution in [0.5, 0.6) is 0 Å². The highest BCUT2D eigenvalue weighted by atomic mass is 16.6. The molecule has 0 aromatic carbocycles. The molecule has 1 unspecified atom stereocenters. The van der Waals surface area contributed by atoms with E-state index in [1.807, 2.05) is 6.92 Å². The molecular formula is C21H40O4. The minimum Gasteiger partial charge on any atom is -0.478 e. The summed E-state index contributed by atoms with van der Waals surface area (Å²) in [6.45, 7) is 9.78. The Balaban J connectivity index is 6.17. The molecular weight excluding hydrogens is 316 g/mol. The Labute approximate surface area is 154 Å². The van der Waals surface area contributed by atoms with E-state index < -0.39 is 23.0 Å². The third-order valence-electron chi connectivity index (χ3n) is 5.43. The van der Waals surface area contributed by atoms with Gasteiger partial charge >= 0.3 is 11.9 Å². The second-order valence-corrected chi connectivity index (χ2v) is 7.42. The molecule has 0 bridgehead atoms. The van der Waals surface area contributed by atoms with E-state index >= 15 is 0 Å². The maximum absolute atomic E-state index is 12.5. The first-order valence-corrected chi connectivity index (χ1v) is 10.3. The SMILES string of the molecule is CCCCC(CCCC)(CCCC)C(CCCC)(OC(C)=O)C(=O)O. The number of aliphatic carboxylic acids is 1. The lowest BCUT2D eigenvalue weighted by Crippen LogP contribution is -2.57. The van der Waals surface area contributed by atoms with Crippen LogP contribution in [-0.4, -0.2) is 22.6 Å². The topological polar surface area (TPSA) is 63.6 Å². The van der Waals surface area contributed by atoms with Crippen LogP contribution in [0.4, 0.5) is 0 Å². The Bertz CT molecular complexity index is 370. The Hall–Kier alpha value is -1.06. The van der Waals surface area contributed by atoms with Crippen LogP contribution in [0, 0.1) is 5.41 Å². The quantitative estimate of drug-likeness (QED) is 0.359. The van der Waals surface area contributed by atoms with E-state index in [2.05, 4.69) is 20.8 Å². The van der Waals surface area contributed by atoms with Crippen LogP contribution in [0.3, 0.4) is 0 Å². The van der Waals surface area contributed by atoms with Crippen molar-refractivity contribution in [2.75, 3.05) is 0 Å². The van der Waals surface area contributed by atoms with Crippen molar-refractivity contribution in [3.63, 3.8) is 0 Å². The lowest BCUT2D eigenvalue weighted by atomic mass is 9.61. The van der Waals surface area contributed by atoms with E-state index in [4.69, 9.17) is 4.74 Å². The average Bonchev–Trinajstić information content (AvgIpc) is 2.57. The Morgan fingerprint density at radius 1 is 0.760 bits per heavy atom. The highest BCUT2D eigenvalue weighted by Gasteiger charge is 2.57. The second-order valence-electron chi connectivity index (χ2n) is 7.42. The predicted molar refractivity (Wildman–Crippen MR) is 103 cm³/mol. The fourth-order valence-electron chi connectivity index (χ4n) is 4.00. The monoisotopic (exact) mass is 356 g/mol. The Morgan fingerprint density at radius 2 is 1.12 bits per heavy atom. The minimum atomic E-state index is -1.39. The van der Waals surface area contributed by atoms with Gasteiger partial charge in [-0.3, -0.25) is 4.79 Å². The molecule has 148 valence electrons. The molecule has 0 radical (unpaired) electrons. The summed E-state index contributed by atoms with van der Waals surface area (Å²) in [5, 5.41) is 10.3. The number of esters is 1. The van der Waals surface area contributed by atoms with E-state index in [0.29, 0.717) is 6.42 Å². The van der Waals surface area contributed by atoms with Crippen molar-refractivity contribution in [3.05, 3.63) is 0 Å². The van der Waals surface area contributed by atoms with E-state index in [0.717, 1.165) is 70.6 Å². The normalized spacial score (nSPS) is 14.1. The average molecular weight is 357 g/mol. The first kappa shape index (κ1) is 23.9. The smallest absolute Gasteiger partial charge is 0.348 e. The molecule has 0 fully saturated rings. The summed E-state index contributed by atoms with van der Waals surface area (Å²) in [6.07, 6.45) is 10.5. The number of hydrogen-bond acceptors (Lipinski definition) is 3. The minimum absolute atomic E-state index is 0.412. The van der Waals surface area contributed by atoms with E-state index in [9.17, 15) is 14.7 Å². The summed E-state index contributed by atoms with van der Waals surface area (Å²) in [6, 6.07) is 0. The van der Waals surface area contributed by atoms with Gasteiger partial charge in [0, 0.05) is 12.3 Å². The molecule has 0 aromatic heterocycles. The fourth-order valence-corrected chi connectivity index (χ4v) is 4.00. The molecule has 1 atom stereocenters. The maximum atomic E-state index is 12.5. The third kappa shape index (κ3) is 6.63. The zero-order valence-electron chi connectivity index (χ0n) is 17.2. The van der Waals surface area contributed by atoms with Crippen LogP contribution in [0.1, 0.15) is 112 Å². The number of carbonyl (C=O) groups is 2. The van der Waals surface area contributed by atoms with Gasteiger partial charge in [-0.1, -0.05) is 72.6 Å². The van der Waals surface area contributed by atoms with Gasteiger partial charge in [0.25, 0.3) is 0 Å². The first-order chi connectivity index (χ1) is 11.9. The molecule has 0 saturated carbocycles. The molecule has 0 amide bonds. The molecule has 0 aliphatic rings. The van der Waals surface area contributed by atoms with Crippen molar-refractivity contribution in [2.45, 2.75) is 117 Å². The van der Waals surface area contributed by atoms with Crippen molar-refractivity contribution in [1.82, 2.24) is 0 Å². The van der Waals surface area contributed by atoms with E-state index in [1.54, 1.807) is 0 Å². The van der Waals surface area contributed by atoms with Gasteiger partial charge in [-0.25, -0.2) is 4.79 Å². The number of rotatable bonds is 15. The summed E-state index contributed by atoms with van der Waals surface area (Å²) >= 11 is 0. The summed E-state index contributed by atoms with van der Waals surface area (Å²) in [5.41, 5.74) is -1.87. The van der Waals surface area contributed by atoms with Gasteiger partial charge in [0.05, 0.1) is 0 Å². The molecule has 0 aliphatic heterocycles. The number of carboxylic acid groups (broad SMARTS) is 1. The summed E-state index contributed by atoms with van der Waals surface area (Å²) in [5.74, 6) is -1.44. The van der Waals surface area contributed by atoms with Crippen molar-refractivity contribution in [2.24, 2.45) is 5.41 Å². The van der Waals surface area contributed by atoms with Gasteiger partial charge in [0.15, 0.2) is 0 Å². The molecule has 0 spiro atoms. The summed E-state index contributed by atoms with van der Waals surface area (Å²) < 4.78 is 5.72. The molecule has 4 nitrogen and oxygen atoms in total. The molecule has 4 heteroatoms. The fraction of sp³-hybridized carbons (Fsp3) is 0.905. The van der Waals surface area contributed by atoms with Crippen molar-refractivity contribution >= 4 is 11.9 Å². The van der Waals surface area contributed by atoms with Gasteiger partial charge in [-0.2, -0.15) is 0 Å². The van der Waals surface area contributed by atoms with Gasteiger partial charge in [-0.15, -0.1) is 0 Å². The summed E-state index contributed by atoms with van der Waals surface area (Å²) in [4.78, 5) is 24.4. The van der Waals surface area contributed by atoms with E-state index in [-0.39, 0.29) is 0 Å². The maximum Gasteiger partial charge on any atom is 0.348 e. The molecule has 0 aromatic rings. The number of hydrogen-bond donors (Lipinski definition) is 1. The van der Waals surface area contributed by atoms with Crippen LogP contribution >= 0.6 is 0 Å². The highest BCUT2D eigenvalue weighted by molar-refractivity contribution is 5.82. The highest BCUT2D eigenvalue weighted by Crippen LogP contribution is 2.50. The lowest BCUT2D eigenvalue weighted by Gasteiger charge is -2.48. The molecule has 25 heavy (non-hydrogen) atoms. The van der Waals surface area contributed by atoms with Crippen LogP contribution < -0.4 is 0 Å². The largest absolute Gasteiger partial charge is 0.478 e. The van der Waals surface area contributed by atoms with E-state index in [1.165, 1.54) is 6.92 Å². The van der Waals surface area contributed by atoms with Gasteiger partial charge < -0.3 is 9.84 Å². The number of unbranched alkanes of at least 4 members (excludes halogenated alkanes) is 4. The van der Waals surface area contributed by atoms with Crippen molar-refractivity contribution < 1.29 is 19.4 Å². The van der Waals surface area contributed by atoms with Crippen molar-refractivity contribution in [3.8, 4) is 0 Å². The zero-order chi connectivity index (χ0) is 19.3. The zero-order valence-corrected chi connectivity index (χ0v) is 17.2. The summed E-state index contributed by atoms with van der Waals surface area (Å²) in [7, 11) is 0. The van der Waals surface area contributed by atoms with Crippen molar-refractivity contribution in [1.29, 1.82) is 0 Å². The second kappa shape index (κ2) is 12.3. The van der Waals surface area contributed by atoms with Gasteiger partial charge in [0.2, 0.25) is 5.60 Å². The molecule has 0 saturated heterocycles. The molecule has 0 heterocycles. The number of carbonyl (C=O) groups excluding carboxylic acids is 1. The third-order valence-corrected chi connectivity index (χ3v) is 5.43. The lowest BCUT2D eigenvalue weighted by molar-refractivity contribution is -0.202. The van der Waals surface area contributed by atoms with Crippen LogP contribution in [-0.2, 0) is 14.3 Å². The Morgan fingerprint density at radius 3 is 1.40 bits per heavy atom. The Kier molecular flexibility index (Phi) is 11.8. The standard InChI is InChI=1S/C21H40O4/c1-6-10-14-20(15-11-7-2,16-12-8-3)21(19(23)24,17-13-9-4)25-18(5)22/h6-17H2,1-5H3,(H,23,24). The van der Waals surface area contributed by atoms with Gasteiger partial charge in [-0.05, 0) is 32.1 Å². The van der Waals surface area contributed by atoms with Crippen LogP contribution in [0.25, 0.3) is 0 Å². The number of carboxylic acids is 1. The number of ether oxygens (including phenoxy) is 1. The molecule has 0 rings (SSSR count). The van der Waals surface area contributed by atoms with Crippen LogP contribution in [0.15, 0.2) is 0 Å². The van der Waals surface area contributed by atoms with Crippen LogP contribution in [0.2, 0.25) is 0 Å². The first-order valence-electron chi connectivity index (χ1n) is 10.3.